The van der Waals surface area contributed by atoms with Gasteiger partial charge >= 0.3 is 6.09 Å². The van der Waals surface area contributed by atoms with E-state index < -0.39 is 5.60 Å². The summed E-state index contributed by atoms with van der Waals surface area (Å²) in [4.78, 5) is 18.7. The van der Waals surface area contributed by atoms with Crippen molar-refractivity contribution in [3.63, 3.8) is 0 Å². The minimum absolute atomic E-state index is 0.210. The van der Waals surface area contributed by atoms with Crippen LogP contribution in [0, 0.1) is 0 Å². The molecule has 2 rings (SSSR count). The molecule has 0 aliphatic carbocycles. The van der Waals surface area contributed by atoms with Crippen molar-refractivity contribution in [2.24, 2.45) is 0 Å². The highest BCUT2D eigenvalue weighted by atomic mass is 79.9. The van der Waals surface area contributed by atoms with Gasteiger partial charge in [-0.1, -0.05) is 28.9 Å². The zero-order valence-corrected chi connectivity index (χ0v) is 18.5. The highest BCUT2D eigenvalue weighted by Gasteiger charge is 2.25. The van der Waals surface area contributed by atoms with Crippen molar-refractivity contribution in [2.75, 3.05) is 26.7 Å². The molecule has 0 N–H and O–H groups in total. The van der Waals surface area contributed by atoms with E-state index in [0.717, 1.165) is 32.2 Å². The van der Waals surface area contributed by atoms with Crippen molar-refractivity contribution in [1.82, 2.24) is 9.80 Å². The average Bonchev–Trinajstić information content (AvgIpc) is 2.76. The van der Waals surface area contributed by atoms with E-state index in [1.54, 1.807) is 0 Å². The largest absolute Gasteiger partial charge is 0.444 e. The van der Waals surface area contributed by atoms with Gasteiger partial charge in [0.2, 0.25) is 0 Å². The fourth-order valence-corrected chi connectivity index (χ4v) is 4.16. The van der Waals surface area contributed by atoms with E-state index in [4.69, 9.17) is 4.74 Å². The van der Waals surface area contributed by atoms with Gasteiger partial charge in [0.05, 0.1) is 0 Å². The van der Waals surface area contributed by atoms with E-state index in [-0.39, 0.29) is 6.09 Å². The van der Waals surface area contributed by atoms with Gasteiger partial charge in [0.25, 0.3) is 0 Å². The summed E-state index contributed by atoms with van der Waals surface area (Å²) in [7, 11) is 2.19. The van der Waals surface area contributed by atoms with Crippen LogP contribution in [0.4, 0.5) is 4.79 Å². The minimum atomic E-state index is -0.455. The summed E-state index contributed by atoms with van der Waals surface area (Å²) in [5, 5.41) is 0. The summed E-state index contributed by atoms with van der Waals surface area (Å²) in [6, 6.07) is 0. The molecule has 2 heterocycles. The Kier molecular flexibility index (Phi) is 7.39. The van der Waals surface area contributed by atoms with Gasteiger partial charge in [-0.15, -0.1) is 0 Å². The Morgan fingerprint density at radius 3 is 2.38 bits per heavy atom. The van der Waals surface area contributed by atoms with E-state index >= 15 is 0 Å². The lowest BCUT2D eigenvalue weighted by Gasteiger charge is -2.29. The number of rotatable bonds is 2. The number of hydrogen-bond acceptors (Lipinski definition) is 3. The quantitative estimate of drug-likeness (QED) is 0.576. The zero-order chi connectivity index (χ0) is 19.3. The lowest BCUT2D eigenvalue weighted by atomic mass is 9.94. The van der Waals surface area contributed by atoms with Crippen LogP contribution >= 0.6 is 15.9 Å². The monoisotopic (exact) mass is 424 g/mol. The number of carbonyl (C=O) groups is 1. The summed E-state index contributed by atoms with van der Waals surface area (Å²) in [6.45, 7) is 10.5. The van der Waals surface area contributed by atoms with Crippen molar-refractivity contribution >= 4 is 22.0 Å². The molecule has 2 aliphatic rings. The highest BCUT2D eigenvalue weighted by molar-refractivity contribution is 9.11. The molecule has 0 radical (unpaired) electrons. The smallest absolute Gasteiger partial charge is 0.410 e. The Balaban J connectivity index is 2.21. The van der Waals surface area contributed by atoms with Crippen LogP contribution in [0.25, 0.3) is 0 Å². The molecule has 5 heteroatoms. The van der Waals surface area contributed by atoms with Crippen LogP contribution in [0.1, 0.15) is 59.8 Å². The van der Waals surface area contributed by atoms with Gasteiger partial charge in [0.15, 0.2) is 0 Å². The van der Waals surface area contributed by atoms with Crippen LogP contribution in [-0.2, 0) is 4.74 Å². The normalized spacial score (nSPS) is 22.8. The summed E-state index contributed by atoms with van der Waals surface area (Å²) < 4.78 is 5.56. The fraction of sp³-hybridized carbons (Fsp3) is 0.667. The third kappa shape index (κ3) is 5.63. The first kappa shape index (κ1) is 21.1. The lowest BCUT2D eigenvalue weighted by molar-refractivity contribution is 0.0260. The molecule has 0 aromatic carbocycles. The van der Waals surface area contributed by atoms with E-state index in [9.17, 15) is 4.79 Å². The molecule has 146 valence electrons. The second-order valence-corrected chi connectivity index (χ2v) is 8.58. The SMILES string of the molecule is CCC1=C(/C=C2/CCN(C(=O)OC(C)(C)C)CC/C2=C\Br)CCCN1C. The van der Waals surface area contributed by atoms with Crippen molar-refractivity contribution in [3.05, 3.63) is 33.5 Å². The molecule has 1 fully saturated rings. The van der Waals surface area contributed by atoms with Crippen LogP contribution in [0.15, 0.2) is 33.5 Å². The van der Waals surface area contributed by atoms with Crippen LogP contribution < -0.4 is 0 Å². The molecule has 2 aliphatic heterocycles. The summed E-state index contributed by atoms with van der Waals surface area (Å²) in [5.74, 6) is 0. The van der Waals surface area contributed by atoms with Gasteiger partial charge in [-0.25, -0.2) is 4.79 Å². The third-order valence-electron chi connectivity index (χ3n) is 4.95. The maximum Gasteiger partial charge on any atom is 0.410 e. The third-order valence-corrected chi connectivity index (χ3v) is 5.51. The van der Waals surface area contributed by atoms with Crippen molar-refractivity contribution in [2.45, 2.75) is 65.4 Å². The number of ether oxygens (including phenoxy) is 1. The van der Waals surface area contributed by atoms with Gasteiger partial charge in [-0.2, -0.15) is 0 Å². The number of nitrogens with zero attached hydrogens (tertiary/aromatic N) is 2. The Morgan fingerprint density at radius 1 is 1.15 bits per heavy atom. The minimum Gasteiger partial charge on any atom is -0.444 e. The number of likely N-dealkylation sites (tertiary alicyclic amines) is 1. The number of halogens is 1. The van der Waals surface area contributed by atoms with E-state index in [2.05, 4.69) is 40.9 Å². The molecule has 0 aromatic heterocycles. The first-order chi connectivity index (χ1) is 12.2. The van der Waals surface area contributed by atoms with Gasteiger partial charge in [-0.05, 0) is 74.6 Å². The first-order valence-corrected chi connectivity index (χ1v) is 10.6. The summed E-state index contributed by atoms with van der Waals surface area (Å²) in [5.41, 5.74) is 5.07. The molecule has 0 bridgehead atoms. The summed E-state index contributed by atoms with van der Waals surface area (Å²) in [6.07, 6.45) is 7.28. The molecule has 1 amide bonds. The average molecular weight is 425 g/mol. The topological polar surface area (TPSA) is 32.8 Å². The van der Waals surface area contributed by atoms with Gasteiger partial charge in [0.1, 0.15) is 5.60 Å². The predicted octanol–water partition coefficient (Wildman–Crippen LogP) is 5.61. The Labute approximate surface area is 167 Å². The Bertz CT molecular complexity index is 614. The van der Waals surface area contributed by atoms with Gasteiger partial charge < -0.3 is 14.5 Å². The standard InChI is InChI=1S/C21H33BrN2O2/c1-6-19-17(8-7-11-23(19)5)14-16-9-12-24(13-10-18(16)15-22)20(25)26-21(2,3)4/h14-15H,6-13H2,1-5H3/b16-14-,18-15+. The van der Waals surface area contributed by atoms with Crippen molar-refractivity contribution < 1.29 is 9.53 Å². The Hall–Kier alpha value is -1.23. The molecule has 0 aromatic rings. The molecule has 4 nitrogen and oxygen atoms in total. The van der Waals surface area contributed by atoms with Crippen LogP contribution in [-0.4, -0.2) is 48.2 Å². The second kappa shape index (κ2) is 9.12. The van der Waals surface area contributed by atoms with E-state index in [1.807, 2.05) is 30.7 Å². The number of allylic oxidation sites excluding steroid dienone is 3. The molecule has 0 saturated carbocycles. The lowest BCUT2D eigenvalue weighted by Crippen LogP contribution is -2.37. The van der Waals surface area contributed by atoms with Crippen LogP contribution in [0.2, 0.25) is 0 Å². The number of carbonyl (C=O) groups excluding carboxylic acids is 1. The van der Waals surface area contributed by atoms with Gasteiger partial charge in [-0.3, -0.25) is 0 Å². The van der Waals surface area contributed by atoms with Crippen LogP contribution in [0.3, 0.4) is 0 Å². The van der Waals surface area contributed by atoms with Crippen LogP contribution in [0.5, 0.6) is 0 Å². The molecule has 0 atom stereocenters. The number of amides is 1. The first-order valence-electron chi connectivity index (χ1n) is 9.66. The second-order valence-electron chi connectivity index (χ2n) is 8.12. The highest BCUT2D eigenvalue weighted by Crippen LogP contribution is 2.31. The van der Waals surface area contributed by atoms with E-state index in [0.29, 0.717) is 13.1 Å². The maximum atomic E-state index is 12.4. The molecular formula is C21H33BrN2O2. The fourth-order valence-electron chi connectivity index (χ4n) is 3.64. The maximum absolute atomic E-state index is 12.4. The Morgan fingerprint density at radius 2 is 1.81 bits per heavy atom. The molecule has 1 saturated heterocycles. The summed E-state index contributed by atoms with van der Waals surface area (Å²) >= 11 is 3.54. The molecule has 0 unspecified atom stereocenters. The van der Waals surface area contributed by atoms with Crippen molar-refractivity contribution in [1.29, 1.82) is 0 Å². The van der Waals surface area contributed by atoms with E-state index in [1.165, 1.54) is 28.8 Å². The molecule has 0 spiro atoms. The molecule has 26 heavy (non-hydrogen) atoms. The number of hydrogen-bond donors (Lipinski definition) is 0. The van der Waals surface area contributed by atoms with Crippen molar-refractivity contribution in [3.8, 4) is 0 Å². The predicted molar refractivity (Wildman–Crippen MR) is 111 cm³/mol. The zero-order valence-electron chi connectivity index (χ0n) is 16.9. The van der Waals surface area contributed by atoms with Gasteiger partial charge in [0, 0.05) is 32.4 Å². The molecular weight excluding hydrogens is 392 g/mol.